The highest BCUT2D eigenvalue weighted by Gasteiger charge is 2.35. The fourth-order valence-corrected chi connectivity index (χ4v) is 4.24. The Morgan fingerprint density at radius 3 is 2.46 bits per heavy atom. The first-order valence-corrected chi connectivity index (χ1v) is 11.5. The van der Waals surface area contributed by atoms with Gasteiger partial charge in [0.15, 0.2) is 6.10 Å². The van der Waals surface area contributed by atoms with Crippen molar-refractivity contribution in [3.05, 3.63) is 64.2 Å². The number of rotatable bonds is 5. The van der Waals surface area contributed by atoms with Gasteiger partial charge in [0.1, 0.15) is 11.9 Å². The highest BCUT2D eigenvalue weighted by atomic mass is 35.5. The molecule has 2 heterocycles. The second-order valence-corrected chi connectivity index (χ2v) is 8.99. The number of ether oxygens (including phenoxy) is 2. The van der Waals surface area contributed by atoms with Gasteiger partial charge in [-0.2, -0.15) is 13.2 Å². The maximum Gasteiger partial charge on any atom is 0.416 e. The lowest BCUT2D eigenvalue weighted by Gasteiger charge is -2.32. The molecule has 0 spiro atoms. The summed E-state index contributed by atoms with van der Waals surface area (Å²) in [4.78, 5) is 25.1. The van der Waals surface area contributed by atoms with E-state index in [9.17, 15) is 27.9 Å². The fourth-order valence-electron chi connectivity index (χ4n) is 4.06. The summed E-state index contributed by atoms with van der Waals surface area (Å²) in [5.41, 5.74) is 0.316. The Morgan fingerprint density at radius 2 is 1.80 bits per heavy atom. The van der Waals surface area contributed by atoms with Gasteiger partial charge in [-0.15, -0.1) is 0 Å². The third-order valence-corrected chi connectivity index (χ3v) is 6.23. The van der Waals surface area contributed by atoms with E-state index in [2.05, 4.69) is 10.6 Å². The molecule has 188 valence electrons. The fraction of sp³-hybridized carbons (Fsp3) is 0.417. The van der Waals surface area contributed by atoms with E-state index in [4.69, 9.17) is 21.1 Å². The Balaban J connectivity index is 1.22. The van der Waals surface area contributed by atoms with Crippen LogP contribution in [0.25, 0.3) is 0 Å². The number of carbonyl (C=O) groups excluding carboxylic acids is 2. The molecule has 1 saturated heterocycles. The van der Waals surface area contributed by atoms with Gasteiger partial charge in [0.25, 0.3) is 5.91 Å². The normalized spacial score (nSPS) is 24.1. The maximum absolute atomic E-state index is 12.7. The molecule has 0 bridgehead atoms. The minimum absolute atomic E-state index is 0.0744. The van der Waals surface area contributed by atoms with E-state index in [1.54, 1.807) is 18.2 Å². The number of aliphatic hydroxyl groups is 1. The van der Waals surface area contributed by atoms with Crippen LogP contribution >= 0.6 is 11.6 Å². The number of carbonyl (C=O) groups is 2. The molecule has 11 heteroatoms. The molecule has 2 aromatic rings. The van der Waals surface area contributed by atoms with Crippen molar-refractivity contribution in [3.8, 4) is 5.75 Å². The summed E-state index contributed by atoms with van der Waals surface area (Å²) in [5.74, 6) is -0.356. The van der Waals surface area contributed by atoms with Gasteiger partial charge in [-0.05, 0) is 48.7 Å². The SMILES string of the molecule is O=C(NCc1ccc(C(F)(F)F)cc1)C1CCC(NC(=O)C2CC(O)c3cc(Cl)ccc3O2)CO1. The van der Waals surface area contributed by atoms with Gasteiger partial charge in [0, 0.05) is 23.6 Å². The van der Waals surface area contributed by atoms with Crippen LogP contribution < -0.4 is 15.4 Å². The van der Waals surface area contributed by atoms with E-state index in [0.717, 1.165) is 12.1 Å². The minimum Gasteiger partial charge on any atom is -0.480 e. The molecule has 2 aromatic carbocycles. The molecule has 0 aliphatic carbocycles. The van der Waals surface area contributed by atoms with Gasteiger partial charge < -0.3 is 25.2 Å². The molecule has 2 aliphatic heterocycles. The highest BCUT2D eigenvalue weighted by Crippen LogP contribution is 2.36. The maximum atomic E-state index is 12.7. The van der Waals surface area contributed by atoms with E-state index >= 15 is 0 Å². The quantitative estimate of drug-likeness (QED) is 0.569. The van der Waals surface area contributed by atoms with E-state index in [1.165, 1.54) is 12.1 Å². The van der Waals surface area contributed by atoms with Crippen molar-refractivity contribution < 1.29 is 37.3 Å². The number of hydrogen-bond acceptors (Lipinski definition) is 5. The van der Waals surface area contributed by atoms with Crippen LogP contribution in [0.1, 0.15) is 42.1 Å². The highest BCUT2D eigenvalue weighted by molar-refractivity contribution is 6.30. The number of hydrogen-bond donors (Lipinski definition) is 3. The van der Waals surface area contributed by atoms with E-state index in [0.29, 0.717) is 34.7 Å². The topological polar surface area (TPSA) is 96.9 Å². The summed E-state index contributed by atoms with van der Waals surface area (Å²) >= 11 is 5.95. The molecule has 0 saturated carbocycles. The first-order chi connectivity index (χ1) is 16.6. The molecular formula is C24H24ClF3N2O5. The van der Waals surface area contributed by atoms with Crippen molar-refractivity contribution in [2.75, 3.05) is 6.61 Å². The first-order valence-electron chi connectivity index (χ1n) is 11.1. The van der Waals surface area contributed by atoms with E-state index in [-0.39, 0.29) is 37.4 Å². The molecule has 0 aromatic heterocycles. The van der Waals surface area contributed by atoms with E-state index in [1.807, 2.05) is 0 Å². The molecule has 2 amide bonds. The van der Waals surface area contributed by atoms with Crippen LogP contribution in [-0.4, -0.2) is 41.8 Å². The van der Waals surface area contributed by atoms with Crippen molar-refractivity contribution in [1.82, 2.24) is 10.6 Å². The molecule has 4 atom stereocenters. The molecule has 0 radical (unpaired) electrons. The Morgan fingerprint density at radius 1 is 1.06 bits per heavy atom. The van der Waals surface area contributed by atoms with Gasteiger partial charge in [0.2, 0.25) is 5.91 Å². The Bertz CT molecular complexity index is 1070. The van der Waals surface area contributed by atoms with Gasteiger partial charge >= 0.3 is 6.18 Å². The Hall–Kier alpha value is -2.82. The predicted octanol–water partition coefficient (Wildman–Crippen LogP) is 3.52. The first kappa shape index (κ1) is 25.3. The standard InChI is InChI=1S/C24H24ClF3N2O5/c25-15-5-7-19-17(9-15)18(31)10-21(35-19)23(33)30-16-6-8-20(34-12-16)22(32)29-11-13-1-3-14(4-2-13)24(26,27)28/h1-5,7,9,16,18,20-21,31H,6,8,10-12H2,(H,29,32)(H,30,33). The lowest BCUT2D eigenvalue weighted by Crippen LogP contribution is -2.51. The van der Waals surface area contributed by atoms with E-state index < -0.39 is 30.1 Å². The summed E-state index contributed by atoms with van der Waals surface area (Å²) in [6.45, 7) is 0.191. The number of nitrogens with one attached hydrogen (secondary N) is 2. The van der Waals surface area contributed by atoms with Crippen molar-refractivity contribution in [2.24, 2.45) is 0 Å². The Labute approximate surface area is 204 Å². The number of aliphatic hydroxyl groups excluding tert-OH is 1. The predicted molar refractivity (Wildman–Crippen MR) is 120 cm³/mol. The molecule has 4 unspecified atom stereocenters. The number of alkyl halides is 3. The second-order valence-electron chi connectivity index (χ2n) is 8.56. The Kier molecular flexibility index (Phi) is 7.53. The molecule has 7 nitrogen and oxygen atoms in total. The molecule has 4 rings (SSSR count). The minimum atomic E-state index is -4.41. The van der Waals surface area contributed by atoms with Crippen LogP contribution in [0.3, 0.4) is 0 Å². The average molecular weight is 513 g/mol. The van der Waals surface area contributed by atoms with Crippen molar-refractivity contribution in [1.29, 1.82) is 0 Å². The third kappa shape index (κ3) is 6.25. The monoisotopic (exact) mass is 512 g/mol. The molecule has 2 aliphatic rings. The smallest absolute Gasteiger partial charge is 0.416 e. The molecule has 35 heavy (non-hydrogen) atoms. The number of amides is 2. The number of fused-ring (bicyclic) bond motifs is 1. The second kappa shape index (κ2) is 10.4. The zero-order valence-electron chi connectivity index (χ0n) is 18.5. The average Bonchev–Trinajstić information content (AvgIpc) is 2.83. The van der Waals surface area contributed by atoms with Crippen LogP contribution in [0.15, 0.2) is 42.5 Å². The van der Waals surface area contributed by atoms with Gasteiger partial charge in [-0.25, -0.2) is 0 Å². The van der Waals surface area contributed by atoms with Crippen LogP contribution in [-0.2, 0) is 27.0 Å². The van der Waals surface area contributed by atoms with Crippen LogP contribution in [0.5, 0.6) is 5.75 Å². The summed E-state index contributed by atoms with van der Waals surface area (Å²) in [6.07, 6.45) is -5.95. The lowest BCUT2D eigenvalue weighted by atomic mass is 9.98. The summed E-state index contributed by atoms with van der Waals surface area (Å²) < 4.78 is 49.3. The molecule has 3 N–H and O–H groups in total. The number of halogens is 4. The van der Waals surface area contributed by atoms with Crippen molar-refractivity contribution in [2.45, 2.75) is 56.3 Å². The number of benzene rings is 2. The zero-order valence-corrected chi connectivity index (χ0v) is 19.2. The van der Waals surface area contributed by atoms with Gasteiger partial charge in [-0.3, -0.25) is 9.59 Å². The third-order valence-electron chi connectivity index (χ3n) is 5.99. The van der Waals surface area contributed by atoms with Crippen LogP contribution in [0.4, 0.5) is 13.2 Å². The van der Waals surface area contributed by atoms with Gasteiger partial charge in [0.05, 0.1) is 24.3 Å². The van der Waals surface area contributed by atoms with Crippen LogP contribution in [0.2, 0.25) is 5.02 Å². The van der Waals surface area contributed by atoms with Crippen LogP contribution in [0, 0.1) is 0 Å². The lowest BCUT2D eigenvalue weighted by molar-refractivity contribution is -0.139. The summed E-state index contributed by atoms with van der Waals surface area (Å²) in [6, 6.07) is 9.06. The summed E-state index contributed by atoms with van der Waals surface area (Å²) in [5, 5.41) is 16.3. The molecule has 1 fully saturated rings. The van der Waals surface area contributed by atoms with Crippen molar-refractivity contribution in [3.63, 3.8) is 0 Å². The largest absolute Gasteiger partial charge is 0.480 e. The molecular weight excluding hydrogens is 489 g/mol. The van der Waals surface area contributed by atoms with Gasteiger partial charge in [-0.1, -0.05) is 23.7 Å². The summed E-state index contributed by atoms with van der Waals surface area (Å²) in [7, 11) is 0. The zero-order chi connectivity index (χ0) is 25.2. The van der Waals surface area contributed by atoms with Crippen molar-refractivity contribution >= 4 is 23.4 Å².